The molecule has 0 heterocycles. The molecule has 0 aromatic heterocycles. The first-order valence-electron chi connectivity index (χ1n) is 14.8. The Balaban J connectivity index is 1.26. The van der Waals surface area contributed by atoms with Crippen LogP contribution < -0.4 is 20.1 Å². The minimum Gasteiger partial charge on any atom is -0.494 e. The lowest BCUT2D eigenvalue weighted by Crippen LogP contribution is -2.48. The van der Waals surface area contributed by atoms with E-state index in [2.05, 4.69) is 10.0 Å². The third-order valence-electron chi connectivity index (χ3n) is 8.00. The van der Waals surface area contributed by atoms with E-state index in [0.717, 1.165) is 56.3 Å². The van der Waals surface area contributed by atoms with Gasteiger partial charge in [0.05, 0.1) is 26.5 Å². The zero-order valence-electron chi connectivity index (χ0n) is 23.5. The molecule has 212 valence electrons. The molecule has 2 aromatic carbocycles. The number of rotatable bonds is 13. The van der Waals surface area contributed by atoms with Crippen LogP contribution in [0.15, 0.2) is 47.6 Å². The molecule has 2 aliphatic rings. The molecule has 2 aromatic rings. The summed E-state index contributed by atoms with van der Waals surface area (Å²) in [5, 5.41) is 3.52. The highest BCUT2D eigenvalue weighted by Crippen LogP contribution is 2.34. The Bertz CT molecular complexity index is 1030. The number of hydrogen-bond acceptors (Lipinski definition) is 6. The number of carbonyl (C=O) groups excluding carboxylic acids is 1. The van der Waals surface area contributed by atoms with Crippen LogP contribution in [0, 0.1) is 0 Å². The molecule has 2 saturated carbocycles. The summed E-state index contributed by atoms with van der Waals surface area (Å²) in [6.45, 7) is 1.25. The Morgan fingerprint density at radius 2 is 1.46 bits per heavy atom. The van der Waals surface area contributed by atoms with Gasteiger partial charge in [-0.05, 0) is 93.0 Å². The van der Waals surface area contributed by atoms with Crippen LogP contribution >= 0.6 is 0 Å². The van der Waals surface area contributed by atoms with Gasteiger partial charge in [0.1, 0.15) is 5.75 Å². The highest BCUT2D eigenvalue weighted by molar-refractivity contribution is 5.95. The summed E-state index contributed by atoms with van der Waals surface area (Å²) < 4.78 is 17.5. The van der Waals surface area contributed by atoms with Gasteiger partial charge in [-0.15, -0.1) is 0 Å². The van der Waals surface area contributed by atoms with Gasteiger partial charge in [-0.2, -0.15) is 5.10 Å². The van der Waals surface area contributed by atoms with Crippen molar-refractivity contribution in [2.75, 3.05) is 20.3 Å². The van der Waals surface area contributed by atoms with Gasteiger partial charge in [0.15, 0.2) is 11.5 Å². The lowest BCUT2D eigenvalue weighted by molar-refractivity contribution is 0.0448. The highest BCUT2D eigenvalue weighted by Gasteiger charge is 2.33. The van der Waals surface area contributed by atoms with Crippen molar-refractivity contribution < 1.29 is 19.0 Å². The fraction of sp³-hybridized carbons (Fsp3) is 0.562. The number of methoxy groups -OCH3 is 1. The standard InChI is InChI=1S/C32H45N3O4/c1-37-31-23-26(32(36)35(27-11-5-2-6-12-27)28-13-7-3-8-14-28)17-20-30(31)39-22-10-4-9-21-38-29-18-15-25(16-19-29)24-34-33/h15-20,23-24,27-28H,2-14,21-22,33H2,1H3. The molecule has 0 aliphatic heterocycles. The summed E-state index contributed by atoms with van der Waals surface area (Å²) in [7, 11) is 1.64. The van der Waals surface area contributed by atoms with Gasteiger partial charge in [-0.1, -0.05) is 38.5 Å². The maximum Gasteiger partial charge on any atom is 0.254 e. The van der Waals surface area contributed by atoms with Crippen LogP contribution in [0.25, 0.3) is 0 Å². The Morgan fingerprint density at radius 3 is 2.05 bits per heavy atom. The van der Waals surface area contributed by atoms with Crippen LogP contribution in [0.1, 0.15) is 99.4 Å². The van der Waals surface area contributed by atoms with Crippen molar-refractivity contribution >= 4 is 12.1 Å². The van der Waals surface area contributed by atoms with Crippen LogP contribution in [-0.2, 0) is 0 Å². The lowest BCUT2D eigenvalue weighted by atomic mass is 9.88. The first kappa shape index (κ1) is 28.8. The molecule has 0 atom stereocenters. The van der Waals surface area contributed by atoms with Crippen molar-refractivity contribution in [3.8, 4) is 17.2 Å². The van der Waals surface area contributed by atoms with Gasteiger partial charge in [0, 0.05) is 17.6 Å². The predicted octanol–water partition coefficient (Wildman–Crippen LogP) is 6.72. The van der Waals surface area contributed by atoms with Crippen LogP contribution in [0.2, 0.25) is 0 Å². The molecule has 0 bridgehead atoms. The molecule has 4 rings (SSSR count). The molecule has 0 unspecified atom stereocenters. The van der Waals surface area contributed by atoms with Crippen molar-refractivity contribution in [3.05, 3.63) is 53.6 Å². The molecule has 0 saturated heterocycles. The molecule has 0 spiro atoms. The number of hydrogen-bond donors (Lipinski definition) is 1. The molecule has 2 fully saturated rings. The second-order valence-electron chi connectivity index (χ2n) is 10.8. The number of hydrazone groups is 1. The normalized spacial score (nSPS) is 16.7. The summed E-state index contributed by atoms with van der Waals surface area (Å²) in [6.07, 6.45) is 16.4. The Labute approximate surface area is 233 Å². The molecule has 7 nitrogen and oxygen atoms in total. The summed E-state index contributed by atoms with van der Waals surface area (Å²) >= 11 is 0. The number of unbranched alkanes of at least 4 members (excludes halogenated alkanes) is 2. The second-order valence-corrected chi connectivity index (χ2v) is 10.8. The minimum absolute atomic E-state index is 0.154. The third-order valence-corrected chi connectivity index (χ3v) is 8.00. The first-order valence-corrected chi connectivity index (χ1v) is 14.8. The van der Waals surface area contributed by atoms with Crippen LogP contribution in [0.4, 0.5) is 0 Å². The SMILES string of the molecule is COc1cc(C(=O)N(C2CCCCC2)C2CCCCC2)ccc1OCCCCCOc1ccc(C=NN)cc1. The van der Waals surface area contributed by atoms with E-state index < -0.39 is 0 Å². The quantitative estimate of drug-likeness (QED) is 0.133. The van der Waals surface area contributed by atoms with E-state index in [9.17, 15) is 4.79 Å². The maximum absolute atomic E-state index is 13.8. The van der Waals surface area contributed by atoms with E-state index in [4.69, 9.17) is 20.1 Å². The Morgan fingerprint density at radius 1 is 0.846 bits per heavy atom. The summed E-state index contributed by atoms with van der Waals surface area (Å²) in [5.41, 5.74) is 1.65. The van der Waals surface area contributed by atoms with Gasteiger partial charge in [0.25, 0.3) is 5.91 Å². The molecule has 2 N–H and O–H groups in total. The smallest absolute Gasteiger partial charge is 0.254 e. The number of nitrogens with two attached hydrogens (primary N) is 1. The molecule has 2 aliphatic carbocycles. The van der Waals surface area contributed by atoms with Crippen molar-refractivity contribution in [1.29, 1.82) is 0 Å². The average molecular weight is 536 g/mol. The van der Waals surface area contributed by atoms with Crippen LogP contribution in [0.3, 0.4) is 0 Å². The van der Waals surface area contributed by atoms with Crippen LogP contribution in [-0.4, -0.2) is 49.4 Å². The number of carbonyl (C=O) groups is 1. The van der Waals surface area contributed by atoms with Gasteiger partial charge in [-0.3, -0.25) is 4.79 Å². The second kappa shape index (κ2) is 15.4. The van der Waals surface area contributed by atoms with E-state index >= 15 is 0 Å². The van der Waals surface area contributed by atoms with E-state index in [1.165, 1.54) is 38.5 Å². The number of ether oxygens (including phenoxy) is 3. The summed E-state index contributed by atoms with van der Waals surface area (Å²) in [4.78, 5) is 16.1. The third kappa shape index (κ3) is 8.38. The van der Waals surface area contributed by atoms with E-state index in [0.29, 0.717) is 42.4 Å². The predicted molar refractivity (Wildman–Crippen MR) is 156 cm³/mol. The Kier molecular flexibility index (Phi) is 11.4. The van der Waals surface area contributed by atoms with E-state index in [-0.39, 0.29) is 5.91 Å². The largest absolute Gasteiger partial charge is 0.494 e. The van der Waals surface area contributed by atoms with Crippen molar-refractivity contribution in [3.63, 3.8) is 0 Å². The van der Waals surface area contributed by atoms with Gasteiger partial charge in [-0.25, -0.2) is 0 Å². The first-order chi connectivity index (χ1) is 19.2. The van der Waals surface area contributed by atoms with Gasteiger partial charge >= 0.3 is 0 Å². The number of amides is 1. The van der Waals surface area contributed by atoms with Crippen molar-refractivity contribution in [2.45, 2.75) is 95.6 Å². The minimum atomic E-state index is 0.154. The molecule has 0 radical (unpaired) electrons. The summed E-state index contributed by atoms with van der Waals surface area (Å²) in [6, 6.07) is 14.1. The fourth-order valence-electron chi connectivity index (χ4n) is 5.91. The Hall–Kier alpha value is -3.22. The van der Waals surface area contributed by atoms with Crippen LogP contribution in [0.5, 0.6) is 17.2 Å². The molecule has 1 amide bonds. The van der Waals surface area contributed by atoms with Gasteiger partial charge in [0.2, 0.25) is 0 Å². The highest BCUT2D eigenvalue weighted by atomic mass is 16.5. The van der Waals surface area contributed by atoms with E-state index in [1.807, 2.05) is 42.5 Å². The van der Waals surface area contributed by atoms with Crippen molar-refractivity contribution in [2.24, 2.45) is 10.9 Å². The molecule has 7 heteroatoms. The molecular formula is C32H45N3O4. The lowest BCUT2D eigenvalue weighted by Gasteiger charge is -2.42. The topological polar surface area (TPSA) is 86.4 Å². The fourth-order valence-corrected chi connectivity index (χ4v) is 5.91. The van der Waals surface area contributed by atoms with Gasteiger partial charge < -0.3 is 25.0 Å². The van der Waals surface area contributed by atoms with E-state index in [1.54, 1.807) is 13.3 Å². The summed E-state index contributed by atoms with van der Waals surface area (Å²) in [5.74, 6) is 7.48. The average Bonchev–Trinajstić information content (AvgIpc) is 2.99. The molecular weight excluding hydrogens is 490 g/mol. The zero-order chi connectivity index (χ0) is 27.3. The number of nitrogens with zero attached hydrogens (tertiary/aromatic N) is 2. The van der Waals surface area contributed by atoms with Crippen molar-refractivity contribution in [1.82, 2.24) is 4.90 Å². The number of benzene rings is 2. The monoisotopic (exact) mass is 535 g/mol. The maximum atomic E-state index is 13.8. The molecule has 39 heavy (non-hydrogen) atoms. The zero-order valence-corrected chi connectivity index (χ0v) is 23.5.